The second-order valence-electron chi connectivity index (χ2n) is 5.47. The lowest BCUT2D eigenvalue weighted by Gasteiger charge is -2.24. The van der Waals surface area contributed by atoms with Crippen molar-refractivity contribution in [3.05, 3.63) is 18.0 Å². The van der Waals surface area contributed by atoms with Crippen LogP contribution in [0.5, 0.6) is 0 Å². The number of aryl methyl sites for hydroxylation is 1. The molecule has 0 aromatic carbocycles. The molecular weight excluding hydrogens is 270 g/mol. The van der Waals surface area contributed by atoms with Crippen molar-refractivity contribution < 1.29 is 0 Å². The predicted octanol–water partition coefficient (Wildman–Crippen LogP) is 1.76. The molecule has 0 radical (unpaired) electrons. The maximum Gasteiger partial charge on any atom is 0.191 e. The van der Waals surface area contributed by atoms with E-state index in [1.54, 1.807) is 4.68 Å². The number of aliphatic imine (C=N–C) groups is 1. The molecule has 6 heteroatoms. The molecule has 1 saturated heterocycles. The Morgan fingerprint density at radius 1 is 1.55 bits per heavy atom. The van der Waals surface area contributed by atoms with E-state index in [1.807, 2.05) is 19.4 Å². The highest BCUT2D eigenvalue weighted by Crippen LogP contribution is 2.36. The lowest BCUT2D eigenvalue weighted by Crippen LogP contribution is -2.43. The second kappa shape index (κ2) is 7.02. The standard InChI is InChI=1S/C14H25N5S/c1-4-15-13(16-8-12-9-18-19(3)10-12)17-11-14(2)6-5-7-20-14/h9-10H,4-8,11H2,1-3H3,(H2,15,16,17). The van der Waals surface area contributed by atoms with Gasteiger partial charge in [-0.2, -0.15) is 16.9 Å². The minimum absolute atomic E-state index is 0.352. The molecule has 2 heterocycles. The summed E-state index contributed by atoms with van der Waals surface area (Å²) in [5, 5.41) is 10.9. The highest BCUT2D eigenvalue weighted by Gasteiger charge is 2.29. The average molecular weight is 295 g/mol. The zero-order chi connectivity index (χ0) is 14.4. The van der Waals surface area contributed by atoms with Gasteiger partial charge in [0.25, 0.3) is 0 Å². The van der Waals surface area contributed by atoms with E-state index < -0.39 is 0 Å². The number of nitrogens with one attached hydrogen (secondary N) is 2. The molecule has 0 amide bonds. The summed E-state index contributed by atoms with van der Waals surface area (Å²) in [5.74, 6) is 2.17. The zero-order valence-electron chi connectivity index (χ0n) is 12.6. The highest BCUT2D eigenvalue weighted by molar-refractivity contribution is 8.00. The average Bonchev–Trinajstić information content (AvgIpc) is 3.03. The first kappa shape index (κ1) is 15.2. The summed E-state index contributed by atoms with van der Waals surface area (Å²) in [7, 11) is 1.93. The van der Waals surface area contributed by atoms with Gasteiger partial charge in [0.05, 0.1) is 12.7 Å². The van der Waals surface area contributed by atoms with Crippen molar-refractivity contribution in [3.63, 3.8) is 0 Å². The first-order chi connectivity index (χ1) is 9.61. The Hall–Kier alpha value is -1.17. The fourth-order valence-electron chi connectivity index (χ4n) is 2.31. The van der Waals surface area contributed by atoms with Crippen molar-refractivity contribution in [1.82, 2.24) is 20.4 Å². The smallest absolute Gasteiger partial charge is 0.191 e. The lowest BCUT2D eigenvalue weighted by molar-refractivity contribution is 0.584. The third-order valence-electron chi connectivity index (χ3n) is 3.45. The zero-order valence-corrected chi connectivity index (χ0v) is 13.5. The number of hydrogen-bond donors (Lipinski definition) is 2. The molecule has 1 aliphatic rings. The Bertz CT molecular complexity index is 448. The van der Waals surface area contributed by atoms with Crippen LogP contribution in [-0.2, 0) is 13.6 Å². The summed E-state index contributed by atoms with van der Waals surface area (Å²) in [4.78, 5) is 4.62. The van der Waals surface area contributed by atoms with Crippen molar-refractivity contribution in [2.45, 2.75) is 38.0 Å². The van der Waals surface area contributed by atoms with E-state index in [9.17, 15) is 0 Å². The Morgan fingerprint density at radius 3 is 3.00 bits per heavy atom. The number of guanidine groups is 1. The molecule has 112 valence electrons. The Labute approximate surface area is 125 Å². The summed E-state index contributed by atoms with van der Waals surface area (Å²) in [6.07, 6.45) is 6.47. The minimum atomic E-state index is 0.352. The van der Waals surface area contributed by atoms with Gasteiger partial charge in [-0.05, 0) is 32.4 Å². The van der Waals surface area contributed by atoms with Crippen LogP contribution in [0.1, 0.15) is 32.3 Å². The van der Waals surface area contributed by atoms with Gasteiger partial charge in [0, 0.05) is 36.6 Å². The van der Waals surface area contributed by atoms with Gasteiger partial charge >= 0.3 is 0 Å². The van der Waals surface area contributed by atoms with E-state index in [0.717, 1.165) is 24.6 Å². The topological polar surface area (TPSA) is 54.2 Å². The second-order valence-corrected chi connectivity index (χ2v) is 7.16. The van der Waals surface area contributed by atoms with Crippen molar-refractivity contribution in [2.75, 3.05) is 18.8 Å². The molecule has 20 heavy (non-hydrogen) atoms. The van der Waals surface area contributed by atoms with Crippen LogP contribution in [0.4, 0.5) is 0 Å². The van der Waals surface area contributed by atoms with E-state index in [-0.39, 0.29) is 0 Å². The van der Waals surface area contributed by atoms with Crippen LogP contribution in [0.25, 0.3) is 0 Å². The molecule has 0 saturated carbocycles. The molecule has 0 bridgehead atoms. The quantitative estimate of drug-likeness (QED) is 0.642. The van der Waals surface area contributed by atoms with Crippen LogP contribution >= 0.6 is 11.8 Å². The van der Waals surface area contributed by atoms with Gasteiger partial charge < -0.3 is 10.6 Å². The van der Waals surface area contributed by atoms with Crippen molar-refractivity contribution in [1.29, 1.82) is 0 Å². The maximum absolute atomic E-state index is 4.62. The molecule has 1 unspecified atom stereocenters. The highest BCUT2D eigenvalue weighted by atomic mass is 32.2. The number of thioether (sulfide) groups is 1. The van der Waals surface area contributed by atoms with Gasteiger partial charge in [-0.3, -0.25) is 4.68 Å². The molecule has 1 aromatic heterocycles. The molecule has 1 aliphatic heterocycles. The maximum atomic E-state index is 4.62. The normalized spacial score (nSPS) is 23.1. The van der Waals surface area contributed by atoms with E-state index >= 15 is 0 Å². The van der Waals surface area contributed by atoms with Crippen LogP contribution in [0.2, 0.25) is 0 Å². The molecule has 2 rings (SSSR count). The summed E-state index contributed by atoms with van der Waals surface area (Å²) in [6.45, 7) is 6.93. The molecule has 1 aromatic rings. The Morgan fingerprint density at radius 2 is 2.40 bits per heavy atom. The third-order valence-corrected chi connectivity index (χ3v) is 4.99. The minimum Gasteiger partial charge on any atom is -0.357 e. The monoisotopic (exact) mass is 295 g/mol. The summed E-state index contributed by atoms with van der Waals surface area (Å²) < 4.78 is 2.16. The third kappa shape index (κ3) is 4.44. The lowest BCUT2D eigenvalue weighted by atomic mass is 10.1. The van der Waals surface area contributed by atoms with Gasteiger partial charge in [-0.15, -0.1) is 0 Å². The fraction of sp³-hybridized carbons (Fsp3) is 0.714. The molecule has 1 fully saturated rings. The van der Waals surface area contributed by atoms with Crippen molar-refractivity contribution in [2.24, 2.45) is 12.0 Å². The molecule has 0 spiro atoms. The van der Waals surface area contributed by atoms with Crippen molar-refractivity contribution >= 4 is 17.7 Å². The predicted molar refractivity (Wildman–Crippen MR) is 86.1 cm³/mol. The number of aromatic nitrogens is 2. The largest absolute Gasteiger partial charge is 0.357 e. The van der Waals surface area contributed by atoms with E-state index in [4.69, 9.17) is 0 Å². The molecule has 1 atom stereocenters. The van der Waals surface area contributed by atoms with Gasteiger partial charge in [0.2, 0.25) is 0 Å². The molecule has 2 N–H and O–H groups in total. The first-order valence-electron chi connectivity index (χ1n) is 7.25. The van der Waals surface area contributed by atoms with Gasteiger partial charge in [0.1, 0.15) is 0 Å². The summed E-state index contributed by atoms with van der Waals surface area (Å²) in [6, 6.07) is 0. The summed E-state index contributed by atoms with van der Waals surface area (Å²) in [5.41, 5.74) is 1.13. The molecule has 5 nitrogen and oxygen atoms in total. The van der Waals surface area contributed by atoms with E-state index in [0.29, 0.717) is 11.3 Å². The Kier molecular flexibility index (Phi) is 5.34. The van der Waals surface area contributed by atoms with E-state index in [2.05, 4.69) is 46.3 Å². The van der Waals surface area contributed by atoms with Crippen LogP contribution < -0.4 is 10.6 Å². The van der Waals surface area contributed by atoms with Crippen LogP contribution in [0.3, 0.4) is 0 Å². The van der Waals surface area contributed by atoms with Gasteiger partial charge in [-0.1, -0.05) is 0 Å². The Balaban J connectivity index is 1.88. The van der Waals surface area contributed by atoms with Gasteiger partial charge in [0.15, 0.2) is 5.96 Å². The summed E-state index contributed by atoms with van der Waals surface area (Å²) >= 11 is 2.06. The first-order valence-corrected chi connectivity index (χ1v) is 8.23. The van der Waals surface area contributed by atoms with Crippen LogP contribution in [0.15, 0.2) is 17.4 Å². The van der Waals surface area contributed by atoms with Gasteiger partial charge in [-0.25, -0.2) is 4.99 Å². The number of rotatable bonds is 5. The van der Waals surface area contributed by atoms with E-state index in [1.165, 1.54) is 18.6 Å². The van der Waals surface area contributed by atoms with Crippen LogP contribution in [-0.4, -0.2) is 39.3 Å². The SMILES string of the molecule is CCNC(=NCc1cnn(C)c1)NCC1(C)CCCS1. The number of nitrogens with zero attached hydrogens (tertiary/aromatic N) is 3. The van der Waals surface area contributed by atoms with Crippen molar-refractivity contribution in [3.8, 4) is 0 Å². The number of hydrogen-bond acceptors (Lipinski definition) is 3. The fourth-order valence-corrected chi connectivity index (χ4v) is 3.56. The van der Waals surface area contributed by atoms with Crippen LogP contribution in [0, 0.1) is 0 Å². The molecule has 0 aliphatic carbocycles. The molecular formula is C14H25N5S.